The third kappa shape index (κ3) is 4.29. The van der Waals surface area contributed by atoms with Gasteiger partial charge in [-0.05, 0) is 117 Å². The summed E-state index contributed by atoms with van der Waals surface area (Å²) >= 11 is 1.83. The van der Waals surface area contributed by atoms with E-state index in [0.29, 0.717) is 0 Å². The summed E-state index contributed by atoms with van der Waals surface area (Å²) in [7, 11) is 0. The van der Waals surface area contributed by atoms with Gasteiger partial charge >= 0.3 is 0 Å². The van der Waals surface area contributed by atoms with Gasteiger partial charge in [0.05, 0.1) is 0 Å². The minimum Gasteiger partial charge on any atom is -0.456 e. The molecule has 0 radical (unpaired) electrons. The fourth-order valence-corrected chi connectivity index (χ4v) is 8.60. The first-order valence-corrected chi connectivity index (χ1v) is 17.6. The molecule has 3 nitrogen and oxygen atoms in total. The molecule has 11 rings (SSSR count). The van der Waals surface area contributed by atoms with Crippen LogP contribution in [0.25, 0.3) is 85.9 Å². The molecule has 8 aromatic carbocycles. The lowest BCUT2D eigenvalue weighted by atomic mass is 10.0. The molecule has 3 aromatic heterocycles. The van der Waals surface area contributed by atoms with E-state index in [1.54, 1.807) is 0 Å². The molecule has 50 heavy (non-hydrogen) atoms. The van der Waals surface area contributed by atoms with Crippen molar-refractivity contribution in [3.63, 3.8) is 0 Å². The van der Waals surface area contributed by atoms with Crippen molar-refractivity contribution in [1.82, 2.24) is 0 Å². The Morgan fingerprint density at radius 1 is 0.360 bits per heavy atom. The number of furan rings is 2. The first kappa shape index (κ1) is 27.6. The number of hydrogen-bond acceptors (Lipinski definition) is 4. The van der Waals surface area contributed by atoms with Crippen LogP contribution in [0.3, 0.4) is 0 Å². The van der Waals surface area contributed by atoms with E-state index < -0.39 is 0 Å². The highest BCUT2D eigenvalue weighted by atomic mass is 32.1. The minimum absolute atomic E-state index is 0.899. The standard InChI is InChI=1S/C46H27NO2S/c1-6-12-45-31(7-1)27-46(50-45)28-13-17-34(18-14-28)47(35-19-15-29-23-39-37-8-2-4-10-41(37)48-43(39)25-32(29)21-35)36-20-16-30-24-40-38-9-3-5-11-42(38)49-44(40)26-33(30)22-36/h1-27H. The molecule has 0 N–H and O–H groups in total. The summed E-state index contributed by atoms with van der Waals surface area (Å²) in [5.74, 6) is 0. The molecule has 0 aliphatic heterocycles. The summed E-state index contributed by atoms with van der Waals surface area (Å²) < 4.78 is 13.9. The lowest BCUT2D eigenvalue weighted by Gasteiger charge is -2.26. The molecular weight excluding hydrogens is 631 g/mol. The van der Waals surface area contributed by atoms with Gasteiger partial charge in [0.25, 0.3) is 0 Å². The van der Waals surface area contributed by atoms with Gasteiger partial charge in [-0.3, -0.25) is 0 Å². The van der Waals surface area contributed by atoms with Crippen LogP contribution >= 0.6 is 11.3 Å². The van der Waals surface area contributed by atoms with Crippen LogP contribution in [0.1, 0.15) is 0 Å². The van der Waals surface area contributed by atoms with Gasteiger partial charge in [0.15, 0.2) is 0 Å². The Labute approximate surface area is 290 Å². The van der Waals surface area contributed by atoms with Gasteiger partial charge in [-0.2, -0.15) is 0 Å². The summed E-state index contributed by atoms with van der Waals surface area (Å²) in [4.78, 5) is 3.62. The third-order valence-corrected chi connectivity index (χ3v) is 11.2. The molecule has 0 spiro atoms. The molecule has 11 aromatic rings. The average molecular weight is 658 g/mol. The van der Waals surface area contributed by atoms with E-state index in [2.05, 4.69) is 144 Å². The van der Waals surface area contributed by atoms with Crippen molar-refractivity contribution >= 4 is 104 Å². The maximum absolute atomic E-state index is 6.29. The Hall–Kier alpha value is -6.36. The van der Waals surface area contributed by atoms with Crippen LogP contribution < -0.4 is 4.90 Å². The number of fused-ring (bicyclic) bond motifs is 9. The van der Waals surface area contributed by atoms with E-state index >= 15 is 0 Å². The molecule has 0 bridgehead atoms. The highest BCUT2D eigenvalue weighted by Gasteiger charge is 2.17. The number of rotatable bonds is 4. The molecule has 0 unspecified atom stereocenters. The molecule has 0 saturated carbocycles. The zero-order chi connectivity index (χ0) is 32.8. The van der Waals surface area contributed by atoms with Gasteiger partial charge in [-0.1, -0.05) is 78.9 Å². The zero-order valence-corrected chi connectivity index (χ0v) is 27.6. The maximum atomic E-state index is 6.29. The van der Waals surface area contributed by atoms with Crippen molar-refractivity contribution in [2.75, 3.05) is 4.90 Å². The molecule has 0 atom stereocenters. The molecule has 4 heteroatoms. The molecular formula is C46H27NO2S. The SMILES string of the molecule is c1ccc2sc(-c3ccc(N(c4ccc5cc6c(cc5c4)oc4ccccc46)c4ccc5cc6c(cc5c4)oc4ccccc46)cc3)cc2c1. The molecule has 0 amide bonds. The van der Waals surface area contributed by atoms with Crippen LogP contribution in [0.15, 0.2) is 173 Å². The van der Waals surface area contributed by atoms with E-state index in [1.165, 1.54) is 31.3 Å². The largest absolute Gasteiger partial charge is 0.456 e. The first-order valence-electron chi connectivity index (χ1n) is 16.8. The number of thiophene rings is 1. The Bertz CT molecular complexity index is 2920. The highest BCUT2D eigenvalue weighted by Crippen LogP contribution is 2.42. The predicted octanol–water partition coefficient (Wildman–Crippen LogP) is 14.1. The zero-order valence-electron chi connectivity index (χ0n) is 26.8. The Morgan fingerprint density at radius 2 is 0.900 bits per heavy atom. The second-order valence-corrected chi connectivity index (χ2v) is 14.1. The summed E-state index contributed by atoms with van der Waals surface area (Å²) in [6.45, 7) is 0. The molecule has 0 aliphatic rings. The number of benzene rings is 8. The highest BCUT2D eigenvalue weighted by molar-refractivity contribution is 7.22. The summed E-state index contributed by atoms with van der Waals surface area (Å²) in [6.07, 6.45) is 0. The van der Waals surface area contributed by atoms with Crippen molar-refractivity contribution in [3.05, 3.63) is 164 Å². The molecule has 0 fully saturated rings. The monoisotopic (exact) mass is 657 g/mol. The summed E-state index contributed by atoms with van der Waals surface area (Å²) in [6, 6.07) is 58.6. The van der Waals surface area contributed by atoms with Gasteiger partial charge in [-0.15, -0.1) is 11.3 Å². The van der Waals surface area contributed by atoms with Crippen LogP contribution in [-0.2, 0) is 0 Å². The summed E-state index contributed by atoms with van der Waals surface area (Å²) in [5, 5.41) is 10.5. The van der Waals surface area contributed by atoms with Crippen molar-refractivity contribution in [1.29, 1.82) is 0 Å². The van der Waals surface area contributed by atoms with Crippen molar-refractivity contribution in [3.8, 4) is 10.4 Å². The van der Waals surface area contributed by atoms with Gasteiger partial charge in [-0.25, -0.2) is 0 Å². The topological polar surface area (TPSA) is 29.5 Å². The fourth-order valence-electron chi connectivity index (χ4n) is 7.54. The Morgan fingerprint density at radius 3 is 1.50 bits per heavy atom. The van der Waals surface area contributed by atoms with Crippen LogP contribution in [0.5, 0.6) is 0 Å². The van der Waals surface area contributed by atoms with Crippen LogP contribution in [0.2, 0.25) is 0 Å². The third-order valence-electron chi connectivity index (χ3n) is 9.99. The van der Waals surface area contributed by atoms with Crippen LogP contribution in [0.4, 0.5) is 17.1 Å². The van der Waals surface area contributed by atoms with E-state index in [4.69, 9.17) is 8.83 Å². The van der Waals surface area contributed by atoms with Crippen LogP contribution in [0, 0.1) is 0 Å². The van der Waals surface area contributed by atoms with Crippen molar-refractivity contribution in [2.24, 2.45) is 0 Å². The normalized spacial score (nSPS) is 12.0. The molecule has 0 aliphatic carbocycles. The molecule has 234 valence electrons. The number of nitrogens with zero attached hydrogens (tertiary/aromatic N) is 1. The van der Waals surface area contributed by atoms with E-state index in [0.717, 1.165) is 71.7 Å². The predicted molar refractivity (Wildman–Crippen MR) is 212 cm³/mol. The molecule has 0 saturated heterocycles. The maximum Gasteiger partial charge on any atom is 0.136 e. The smallest absolute Gasteiger partial charge is 0.136 e. The van der Waals surface area contributed by atoms with Crippen LogP contribution in [-0.4, -0.2) is 0 Å². The Kier molecular flexibility index (Phi) is 5.83. The van der Waals surface area contributed by atoms with Gasteiger partial charge < -0.3 is 13.7 Å². The van der Waals surface area contributed by atoms with Gasteiger partial charge in [0.1, 0.15) is 22.3 Å². The average Bonchev–Trinajstić information content (AvgIpc) is 3.86. The summed E-state index contributed by atoms with van der Waals surface area (Å²) in [5.41, 5.74) is 8.07. The first-order chi connectivity index (χ1) is 24.7. The van der Waals surface area contributed by atoms with Crippen molar-refractivity contribution in [2.45, 2.75) is 0 Å². The lowest BCUT2D eigenvalue weighted by molar-refractivity contribution is 0.669. The van der Waals surface area contributed by atoms with E-state index in [-0.39, 0.29) is 0 Å². The Balaban J connectivity index is 1.08. The van der Waals surface area contributed by atoms with Gasteiger partial charge in [0.2, 0.25) is 0 Å². The minimum atomic E-state index is 0.899. The quantitative estimate of drug-likeness (QED) is 0.189. The van der Waals surface area contributed by atoms with E-state index in [9.17, 15) is 0 Å². The van der Waals surface area contributed by atoms with Gasteiger partial charge in [0, 0.05) is 48.2 Å². The van der Waals surface area contributed by atoms with Crippen molar-refractivity contribution < 1.29 is 8.83 Å². The molecule has 3 heterocycles. The number of para-hydroxylation sites is 2. The second kappa shape index (κ2) is 10.6. The van der Waals surface area contributed by atoms with E-state index in [1.807, 2.05) is 35.6 Å². The fraction of sp³-hybridized carbons (Fsp3) is 0. The lowest BCUT2D eigenvalue weighted by Crippen LogP contribution is -2.09. The number of anilines is 3. The number of hydrogen-bond donors (Lipinski definition) is 0. The second-order valence-electron chi connectivity index (χ2n) is 13.0.